The number of hydrogen-bond donors (Lipinski definition) is 3. The molecule has 0 saturated carbocycles. The first-order valence-corrected chi connectivity index (χ1v) is 11.2. The molecule has 0 radical (unpaired) electrons. The number of carbonyl (C=O) groups excluding carboxylic acids is 2. The van der Waals surface area contributed by atoms with Crippen molar-refractivity contribution in [1.82, 2.24) is 4.90 Å². The molecule has 0 bridgehead atoms. The molecule has 8 nitrogen and oxygen atoms in total. The van der Waals surface area contributed by atoms with E-state index >= 15 is 0 Å². The fourth-order valence-corrected chi connectivity index (χ4v) is 4.72. The van der Waals surface area contributed by atoms with Crippen molar-refractivity contribution in [2.75, 3.05) is 25.0 Å². The van der Waals surface area contributed by atoms with E-state index in [0.717, 1.165) is 27.8 Å². The number of aliphatic hydroxyl groups is 1. The molecular weight excluding hydrogens is 448 g/mol. The van der Waals surface area contributed by atoms with E-state index in [2.05, 4.69) is 17.4 Å². The Labute approximate surface area is 201 Å². The number of carboxylic acid groups (broad SMARTS) is 1. The number of ether oxygens (including phenoxy) is 1. The number of fused-ring (bicyclic) bond motifs is 3. The van der Waals surface area contributed by atoms with Gasteiger partial charge in [0.15, 0.2) is 5.60 Å². The van der Waals surface area contributed by atoms with Gasteiger partial charge < -0.3 is 19.8 Å². The number of β-amino-alcohol motifs (C(OH)–C–C–N with tert-alkyl or cyclic N) is 1. The SMILES string of the molecule is Cc1ccc(NC(=O)OCC2c3ccccc3-c3ccccc32)c(C(=O)N2CC(O)(C(=O)O)C2)c1. The zero-order valence-electron chi connectivity index (χ0n) is 19.0. The molecule has 2 amide bonds. The Morgan fingerprint density at radius 1 is 1.00 bits per heavy atom. The second kappa shape index (κ2) is 8.56. The smallest absolute Gasteiger partial charge is 0.411 e. The molecule has 35 heavy (non-hydrogen) atoms. The maximum atomic E-state index is 13.0. The maximum Gasteiger partial charge on any atom is 0.411 e. The van der Waals surface area contributed by atoms with Crippen molar-refractivity contribution in [2.45, 2.75) is 18.4 Å². The van der Waals surface area contributed by atoms with Crippen molar-refractivity contribution in [3.8, 4) is 11.1 Å². The Hall–Kier alpha value is -4.17. The third-order valence-corrected chi connectivity index (χ3v) is 6.58. The number of amides is 2. The topological polar surface area (TPSA) is 116 Å². The van der Waals surface area contributed by atoms with Gasteiger partial charge in [0.2, 0.25) is 0 Å². The summed E-state index contributed by atoms with van der Waals surface area (Å²) in [5.41, 5.74) is 3.74. The van der Waals surface area contributed by atoms with Crippen LogP contribution < -0.4 is 5.32 Å². The molecule has 3 aromatic carbocycles. The number of likely N-dealkylation sites (tertiary alicyclic amines) is 1. The van der Waals surface area contributed by atoms with Gasteiger partial charge in [-0.05, 0) is 41.3 Å². The van der Waals surface area contributed by atoms with E-state index in [1.54, 1.807) is 25.1 Å². The minimum absolute atomic E-state index is 0.0953. The number of carboxylic acids is 1. The lowest BCUT2D eigenvalue weighted by Gasteiger charge is -2.43. The highest BCUT2D eigenvalue weighted by molar-refractivity contribution is 6.04. The van der Waals surface area contributed by atoms with E-state index in [1.165, 1.54) is 4.90 Å². The van der Waals surface area contributed by atoms with Gasteiger partial charge in [-0.25, -0.2) is 9.59 Å². The first-order chi connectivity index (χ1) is 16.8. The summed E-state index contributed by atoms with van der Waals surface area (Å²) in [4.78, 5) is 38.1. The number of aliphatic carboxylic acids is 1. The van der Waals surface area contributed by atoms with E-state index in [0.29, 0.717) is 0 Å². The summed E-state index contributed by atoms with van der Waals surface area (Å²) in [5, 5.41) is 21.7. The minimum atomic E-state index is -1.94. The Morgan fingerprint density at radius 2 is 1.60 bits per heavy atom. The third kappa shape index (κ3) is 4.02. The van der Waals surface area contributed by atoms with Crippen LogP contribution in [0.2, 0.25) is 0 Å². The lowest BCUT2D eigenvalue weighted by molar-refractivity contribution is -0.173. The van der Waals surface area contributed by atoms with Gasteiger partial charge in [-0.2, -0.15) is 0 Å². The number of aryl methyl sites for hydroxylation is 1. The molecule has 8 heteroatoms. The van der Waals surface area contributed by atoms with E-state index in [9.17, 15) is 19.5 Å². The fraction of sp³-hybridized carbons (Fsp3) is 0.222. The van der Waals surface area contributed by atoms with Crippen molar-refractivity contribution in [2.24, 2.45) is 0 Å². The summed E-state index contributed by atoms with van der Waals surface area (Å²) in [6, 6.07) is 21.0. The fourth-order valence-electron chi connectivity index (χ4n) is 4.72. The summed E-state index contributed by atoms with van der Waals surface area (Å²) in [6.45, 7) is 1.29. The lowest BCUT2D eigenvalue weighted by atomic mass is 9.93. The van der Waals surface area contributed by atoms with E-state index < -0.39 is 23.6 Å². The zero-order chi connectivity index (χ0) is 24.7. The Morgan fingerprint density at radius 3 is 2.20 bits per heavy atom. The summed E-state index contributed by atoms with van der Waals surface area (Å²) in [5.74, 6) is -1.95. The van der Waals surface area contributed by atoms with Crippen LogP contribution in [0, 0.1) is 6.92 Å². The van der Waals surface area contributed by atoms with Gasteiger partial charge in [-0.3, -0.25) is 10.1 Å². The first kappa shape index (κ1) is 22.6. The van der Waals surface area contributed by atoms with E-state index in [4.69, 9.17) is 9.84 Å². The first-order valence-electron chi connectivity index (χ1n) is 11.2. The highest BCUT2D eigenvalue weighted by Crippen LogP contribution is 2.44. The van der Waals surface area contributed by atoms with Crippen molar-refractivity contribution in [3.63, 3.8) is 0 Å². The molecule has 1 saturated heterocycles. The highest BCUT2D eigenvalue weighted by Gasteiger charge is 2.50. The van der Waals surface area contributed by atoms with E-state index in [1.807, 2.05) is 36.4 Å². The van der Waals surface area contributed by atoms with Crippen molar-refractivity contribution < 1.29 is 29.3 Å². The van der Waals surface area contributed by atoms with Crippen LogP contribution in [0.25, 0.3) is 11.1 Å². The van der Waals surface area contributed by atoms with Crippen molar-refractivity contribution in [1.29, 1.82) is 0 Å². The molecule has 0 aromatic heterocycles. The normalized spacial score (nSPS) is 15.5. The van der Waals surface area contributed by atoms with Crippen LogP contribution in [0.15, 0.2) is 66.7 Å². The quantitative estimate of drug-likeness (QED) is 0.522. The van der Waals surface area contributed by atoms with Crippen LogP contribution in [-0.4, -0.2) is 58.4 Å². The predicted octanol–water partition coefficient (Wildman–Crippen LogP) is 3.63. The molecule has 1 aliphatic carbocycles. The molecule has 178 valence electrons. The van der Waals surface area contributed by atoms with E-state index in [-0.39, 0.29) is 36.9 Å². The molecular formula is C27H24N2O6. The number of hydrogen-bond acceptors (Lipinski definition) is 5. The van der Waals surface area contributed by atoms with Gasteiger partial charge in [0.1, 0.15) is 6.61 Å². The summed E-state index contributed by atoms with van der Waals surface area (Å²) >= 11 is 0. The largest absolute Gasteiger partial charge is 0.479 e. The van der Waals surface area contributed by atoms with Crippen molar-refractivity contribution >= 4 is 23.7 Å². The molecule has 3 N–H and O–H groups in total. The van der Waals surface area contributed by atoms with Gasteiger partial charge in [-0.1, -0.05) is 60.2 Å². The monoisotopic (exact) mass is 472 g/mol. The van der Waals surface area contributed by atoms with Crippen LogP contribution in [0.1, 0.15) is 33.0 Å². The number of nitrogens with zero attached hydrogens (tertiary/aromatic N) is 1. The summed E-state index contributed by atoms with van der Waals surface area (Å²) in [7, 11) is 0. The maximum absolute atomic E-state index is 13.0. The van der Waals surface area contributed by atoms with Gasteiger partial charge in [0.25, 0.3) is 5.91 Å². The molecule has 0 atom stereocenters. The molecule has 0 spiro atoms. The average Bonchev–Trinajstić information content (AvgIpc) is 3.15. The van der Waals surface area contributed by atoms with Gasteiger partial charge in [-0.15, -0.1) is 0 Å². The summed E-state index contributed by atoms with van der Waals surface area (Å²) in [6.07, 6.45) is -0.699. The second-order valence-corrected chi connectivity index (χ2v) is 9.00. The number of rotatable bonds is 5. The Kier molecular flexibility index (Phi) is 5.53. The number of benzene rings is 3. The van der Waals surface area contributed by atoms with Crippen LogP contribution >= 0.6 is 0 Å². The van der Waals surface area contributed by atoms with Gasteiger partial charge >= 0.3 is 12.1 Å². The number of carbonyl (C=O) groups is 3. The molecule has 1 fully saturated rings. The molecule has 1 heterocycles. The Balaban J connectivity index is 1.29. The van der Waals surface area contributed by atoms with Crippen molar-refractivity contribution in [3.05, 3.63) is 89.0 Å². The summed E-state index contributed by atoms with van der Waals surface area (Å²) < 4.78 is 5.58. The van der Waals surface area contributed by atoms with Crippen LogP contribution in [0.3, 0.4) is 0 Å². The zero-order valence-corrected chi connectivity index (χ0v) is 19.0. The molecule has 1 aliphatic heterocycles. The third-order valence-electron chi connectivity index (χ3n) is 6.58. The Bertz CT molecular complexity index is 1300. The second-order valence-electron chi connectivity index (χ2n) is 9.00. The molecule has 2 aliphatic rings. The van der Waals surface area contributed by atoms with Gasteiger partial charge in [0.05, 0.1) is 24.3 Å². The van der Waals surface area contributed by atoms with Crippen LogP contribution in [-0.2, 0) is 9.53 Å². The standard InChI is InChI=1S/C27H24N2O6/c1-16-10-11-23(21(12-16)24(30)29-14-27(34,15-29)25(31)32)28-26(33)35-13-22-19-8-4-2-6-17(19)18-7-3-5-9-20(18)22/h2-12,22,34H,13-15H2,1H3,(H,28,33)(H,31,32). The highest BCUT2D eigenvalue weighted by atomic mass is 16.5. The van der Waals surface area contributed by atoms with Crippen LogP contribution in [0.4, 0.5) is 10.5 Å². The average molecular weight is 472 g/mol. The molecule has 0 unspecified atom stereocenters. The van der Waals surface area contributed by atoms with Gasteiger partial charge in [0, 0.05) is 5.92 Å². The number of anilines is 1. The molecule has 3 aromatic rings. The van der Waals surface area contributed by atoms with Crippen LogP contribution in [0.5, 0.6) is 0 Å². The lowest BCUT2D eigenvalue weighted by Crippen LogP contribution is -2.67. The predicted molar refractivity (Wildman–Crippen MR) is 128 cm³/mol. The number of nitrogens with one attached hydrogen (secondary N) is 1. The minimum Gasteiger partial charge on any atom is -0.479 e. The molecule has 5 rings (SSSR count).